The SMILES string of the molecule is CC(C)[C@H](NC(=O)[C@H](CC(=O)O)NC(=O)[C@@H](NC(=O)[C@@H]1CCCN1C(=O)[C@@H](NC(=O)[C@@H](N)Cc1ccccc1)C(C)C)[C@@H](C)O)C(=O)NNC(=O)N1CCC[C@H]1C(=O)N[C@@H](Cc1ccccc1)C(=O)N[C@@H](C)C(=O)N[C@@H](Cc1ccccc1)C(N)=O. The first-order chi connectivity index (χ1) is 40.7. The predicted octanol–water partition coefficient (Wildman–Crippen LogP) is -1.70. The van der Waals surface area contributed by atoms with Crippen LogP contribution in [0.3, 0.4) is 0 Å². The third-order valence-electron chi connectivity index (χ3n) is 14.7. The maximum absolute atomic E-state index is 14.0. The minimum Gasteiger partial charge on any atom is -0.481 e. The number of aliphatic carboxylic acids is 1. The molecule has 0 aliphatic carbocycles. The van der Waals surface area contributed by atoms with Crippen LogP contribution in [0, 0.1) is 11.8 Å². The molecule has 2 heterocycles. The van der Waals surface area contributed by atoms with Gasteiger partial charge in [-0.05, 0) is 74.5 Å². The fourth-order valence-electron chi connectivity index (χ4n) is 9.93. The van der Waals surface area contributed by atoms with Crippen molar-refractivity contribution in [3.05, 3.63) is 108 Å². The second-order valence-electron chi connectivity index (χ2n) is 22.2. The molecule has 3 aromatic carbocycles. The first-order valence-electron chi connectivity index (χ1n) is 28.6. The summed E-state index contributed by atoms with van der Waals surface area (Å²) in [6.45, 7) is 9.16. The van der Waals surface area contributed by atoms with E-state index in [1.807, 2.05) is 18.2 Å². The molecule has 5 rings (SSSR count). The van der Waals surface area contributed by atoms with Gasteiger partial charge in [-0.2, -0.15) is 0 Å². The Morgan fingerprint density at radius 3 is 1.48 bits per heavy atom. The summed E-state index contributed by atoms with van der Waals surface area (Å²) in [5, 5.41) is 38.2. The van der Waals surface area contributed by atoms with Crippen molar-refractivity contribution in [3.8, 4) is 0 Å². The molecule has 0 spiro atoms. The van der Waals surface area contributed by atoms with Crippen molar-refractivity contribution >= 4 is 71.1 Å². The van der Waals surface area contributed by atoms with Gasteiger partial charge in [0.05, 0.1) is 18.6 Å². The van der Waals surface area contributed by atoms with Gasteiger partial charge in [-0.25, -0.2) is 10.2 Å². The zero-order valence-electron chi connectivity index (χ0n) is 49.1. The molecular formula is C59H81N13O14. The summed E-state index contributed by atoms with van der Waals surface area (Å²) in [6.07, 6.45) is -1.40. The number of urea groups is 1. The van der Waals surface area contributed by atoms with E-state index in [0.29, 0.717) is 18.4 Å². The van der Waals surface area contributed by atoms with Crippen LogP contribution in [0.4, 0.5) is 4.79 Å². The Balaban J connectivity index is 1.19. The van der Waals surface area contributed by atoms with E-state index in [9.17, 15) is 67.7 Å². The number of aliphatic hydroxyl groups is 1. The van der Waals surface area contributed by atoms with Crippen LogP contribution in [0.15, 0.2) is 91.0 Å². The van der Waals surface area contributed by atoms with Gasteiger partial charge in [0.1, 0.15) is 54.4 Å². The molecular weight excluding hydrogens is 1110 g/mol. The monoisotopic (exact) mass is 1200 g/mol. The first-order valence-corrected chi connectivity index (χ1v) is 28.6. The Morgan fingerprint density at radius 2 is 0.965 bits per heavy atom. The van der Waals surface area contributed by atoms with Crippen molar-refractivity contribution in [1.82, 2.24) is 57.9 Å². The van der Waals surface area contributed by atoms with E-state index < -0.39 is 156 Å². The van der Waals surface area contributed by atoms with Crippen LogP contribution in [-0.2, 0) is 72.0 Å². The number of hydrazine groups is 1. The van der Waals surface area contributed by atoms with Crippen LogP contribution in [0.5, 0.6) is 0 Å². The Kier molecular flexibility index (Phi) is 25.5. The van der Waals surface area contributed by atoms with Crippen molar-refractivity contribution in [1.29, 1.82) is 0 Å². The second kappa shape index (κ2) is 32.3. The highest BCUT2D eigenvalue weighted by atomic mass is 16.4. The molecule has 2 aliphatic heterocycles. The van der Waals surface area contributed by atoms with Crippen molar-refractivity contribution < 1.29 is 67.7 Å². The molecule has 27 nitrogen and oxygen atoms in total. The minimum absolute atomic E-state index is 0.0321. The van der Waals surface area contributed by atoms with E-state index in [2.05, 4.69) is 48.1 Å². The Hall–Kier alpha value is -8.98. The molecule has 2 saturated heterocycles. The number of aliphatic hydroxyl groups excluding tert-OH is 1. The number of rotatable bonds is 28. The van der Waals surface area contributed by atoms with Crippen molar-refractivity contribution in [2.24, 2.45) is 23.3 Å². The Labute approximate surface area is 498 Å². The van der Waals surface area contributed by atoms with Gasteiger partial charge in [0, 0.05) is 25.9 Å². The van der Waals surface area contributed by atoms with E-state index in [-0.39, 0.29) is 45.2 Å². The summed E-state index contributed by atoms with van der Waals surface area (Å²) >= 11 is 0. The number of carbonyl (C=O) groups is 12. The van der Waals surface area contributed by atoms with E-state index in [1.165, 1.54) is 25.7 Å². The number of carbonyl (C=O) groups excluding carboxylic acids is 11. The van der Waals surface area contributed by atoms with Crippen LogP contribution < -0.4 is 59.5 Å². The predicted molar refractivity (Wildman–Crippen MR) is 312 cm³/mol. The molecule has 0 unspecified atom stereocenters. The molecule has 3 aromatic rings. The molecule has 86 heavy (non-hydrogen) atoms. The number of carboxylic acids is 1. The zero-order chi connectivity index (χ0) is 63.4. The first kappa shape index (κ1) is 67.8. The van der Waals surface area contributed by atoms with Gasteiger partial charge in [0.25, 0.3) is 5.91 Å². The van der Waals surface area contributed by atoms with Crippen LogP contribution >= 0.6 is 0 Å². The highest BCUT2D eigenvalue weighted by Crippen LogP contribution is 2.22. The summed E-state index contributed by atoms with van der Waals surface area (Å²) in [7, 11) is 0. The fourth-order valence-corrected chi connectivity index (χ4v) is 9.93. The molecule has 0 saturated carbocycles. The number of primary amides is 1. The summed E-state index contributed by atoms with van der Waals surface area (Å²) in [5.74, 6) is -11.1. The van der Waals surface area contributed by atoms with E-state index in [0.717, 1.165) is 23.0 Å². The van der Waals surface area contributed by atoms with Gasteiger partial charge in [-0.1, -0.05) is 119 Å². The highest BCUT2D eigenvalue weighted by molar-refractivity contribution is 5.99. The van der Waals surface area contributed by atoms with Crippen molar-refractivity contribution in [3.63, 3.8) is 0 Å². The Bertz CT molecular complexity index is 2880. The smallest absolute Gasteiger partial charge is 0.336 e. The van der Waals surface area contributed by atoms with Crippen molar-refractivity contribution in [2.45, 2.75) is 159 Å². The number of hydrogen-bond acceptors (Lipinski definition) is 14. The number of likely N-dealkylation sites (tertiary alicyclic amines) is 2. The van der Waals surface area contributed by atoms with Gasteiger partial charge < -0.3 is 68.7 Å². The minimum atomic E-state index is -1.90. The number of carboxylic acid groups (broad SMARTS) is 1. The lowest BCUT2D eigenvalue weighted by atomic mass is 10.00. The van der Waals surface area contributed by atoms with Gasteiger partial charge >= 0.3 is 12.0 Å². The van der Waals surface area contributed by atoms with Gasteiger partial charge in [0.15, 0.2) is 0 Å². The summed E-state index contributed by atoms with van der Waals surface area (Å²) in [4.78, 5) is 164. The third-order valence-corrected chi connectivity index (χ3v) is 14.7. The number of nitrogens with two attached hydrogens (primary N) is 2. The average Bonchev–Trinajstić information content (AvgIpc) is 4.11. The number of amides is 12. The number of hydrogen-bond donors (Lipinski definition) is 13. The van der Waals surface area contributed by atoms with Crippen LogP contribution in [-0.4, -0.2) is 171 Å². The third kappa shape index (κ3) is 19.8. The lowest BCUT2D eigenvalue weighted by Gasteiger charge is -2.32. The van der Waals surface area contributed by atoms with E-state index in [4.69, 9.17) is 11.5 Å². The molecule has 0 radical (unpaired) electrons. The van der Waals surface area contributed by atoms with Gasteiger partial charge in [-0.15, -0.1) is 0 Å². The molecule has 0 aromatic heterocycles. The molecule has 466 valence electrons. The van der Waals surface area contributed by atoms with Gasteiger partial charge in [0.2, 0.25) is 53.2 Å². The molecule has 2 aliphatic rings. The normalized spacial score (nSPS) is 17.8. The lowest BCUT2D eigenvalue weighted by Crippen LogP contribution is -2.62. The average molecular weight is 1200 g/mol. The largest absolute Gasteiger partial charge is 0.481 e. The number of nitrogens with one attached hydrogen (secondary N) is 9. The van der Waals surface area contributed by atoms with Crippen LogP contribution in [0.1, 0.15) is 90.3 Å². The molecule has 11 atom stereocenters. The maximum Gasteiger partial charge on any atom is 0.336 e. The van der Waals surface area contributed by atoms with Crippen LogP contribution in [0.2, 0.25) is 0 Å². The molecule has 12 amide bonds. The number of nitrogens with zero attached hydrogens (tertiary/aromatic N) is 2. The molecule has 2 fully saturated rings. The van der Waals surface area contributed by atoms with Crippen LogP contribution in [0.25, 0.3) is 0 Å². The summed E-state index contributed by atoms with van der Waals surface area (Å²) < 4.78 is 0. The lowest BCUT2D eigenvalue weighted by molar-refractivity contribution is -0.144. The topological polar surface area (TPSA) is 412 Å². The van der Waals surface area contributed by atoms with E-state index >= 15 is 0 Å². The number of benzene rings is 3. The standard InChI is InChI=1S/C59H81N13O14/c1-32(2)46(66-53(80)42(31-45(74)75)65-56(83)48(35(6)73)68-55(82)43-24-16-26-71(43)58(85)47(33(3)4)67-51(78)39(60)28-36-18-10-7-11-19-36)57(84)69-70-59(86)72-27-17-25-44(72)54(81)64-41(30-38-22-14-9-15-23-38)52(79)62-34(5)50(77)63-40(49(61)76)29-37-20-12-8-13-21-37/h7-15,18-23,32-35,39-44,46-48,73H,16-17,24-31,60H2,1-6H3,(H2,61,76)(H,62,79)(H,63,77)(H,64,81)(H,65,83)(H,66,80)(H,67,78)(H,68,82)(H,69,84)(H,70,86)(H,74,75)/t34-,35+,39-,40-,41-,42-,43-,44-,46-,47-,48-/m0/s1. The molecule has 27 heteroatoms. The summed E-state index contributed by atoms with van der Waals surface area (Å²) in [6, 6.07) is 12.5. The quantitative estimate of drug-likeness (QED) is 0.0361. The second-order valence-corrected chi connectivity index (χ2v) is 22.2. The van der Waals surface area contributed by atoms with E-state index in [1.54, 1.807) is 86.6 Å². The van der Waals surface area contributed by atoms with Crippen molar-refractivity contribution in [2.75, 3.05) is 13.1 Å². The molecule has 0 bridgehead atoms. The maximum atomic E-state index is 14.0. The van der Waals surface area contributed by atoms with Gasteiger partial charge in [-0.3, -0.25) is 58.2 Å². The highest BCUT2D eigenvalue weighted by Gasteiger charge is 2.42. The fraction of sp³-hybridized carbons (Fsp3) is 0.492. The summed E-state index contributed by atoms with van der Waals surface area (Å²) in [5.41, 5.74) is 18.4. The molecule has 15 N–H and O–H groups in total. The zero-order valence-corrected chi connectivity index (χ0v) is 49.1. The Morgan fingerprint density at radius 1 is 0.500 bits per heavy atom.